The van der Waals surface area contributed by atoms with E-state index in [1.165, 1.54) is 12.3 Å². The zero-order chi connectivity index (χ0) is 13.8. The van der Waals surface area contributed by atoms with Crippen molar-refractivity contribution in [2.45, 2.75) is 13.3 Å². The number of hydrogen-bond acceptors (Lipinski definition) is 6. The Morgan fingerprint density at radius 3 is 3.05 bits per heavy atom. The third-order valence-electron chi connectivity index (χ3n) is 2.32. The number of carbonyl (C=O) groups excluding carboxylic acids is 1. The van der Waals surface area contributed by atoms with Crippen molar-refractivity contribution in [3.05, 3.63) is 34.6 Å². The number of nitrogens with one attached hydrogen (secondary N) is 1. The first-order valence-electron chi connectivity index (χ1n) is 5.54. The molecule has 0 saturated heterocycles. The van der Waals surface area contributed by atoms with E-state index < -0.39 is 0 Å². The van der Waals surface area contributed by atoms with E-state index in [4.69, 9.17) is 21.9 Å². The van der Waals surface area contributed by atoms with Crippen LogP contribution in [0, 0.1) is 6.92 Å². The molecule has 2 rings (SSSR count). The number of aryl methyl sites for hydroxylation is 1. The van der Waals surface area contributed by atoms with Crippen LogP contribution in [0.5, 0.6) is 0 Å². The largest absolute Gasteiger partial charge is 0.384 e. The Balaban J connectivity index is 1.92. The van der Waals surface area contributed by atoms with Crippen molar-refractivity contribution < 1.29 is 9.32 Å². The normalized spacial score (nSPS) is 10.4. The Bertz CT molecular complexity index is 599. The monoisotopic (exact) mass is 281 g/mol. The van der Waals surface area contributed by atoms with Gasteiger partial charge in [0, 0.05) is 19.2 Å². The third kappa shape index (κ3) is 3.41. The molecule has 0 bridgehead atoms. The molecule has 7 nitrogen and oxygen atoms in total. The van der Waals surface area contributed by atoms with Crippen LogP contribution in [0.4, 0.5) is 5.82 Å². The highest BCUT2D eigenvalue weighted by molar-refractivity contribution is 6.33. The van der Waals surface area contributed by atoms with Crippen molar-refractivity contribution in [2.24, 2.45) is 0 Å². The summed E-state index contributed by atoms with van der Waals surface area (Å²) in [5.41, 5.74) is 5.79. The molecule has 0 atom stereocenters. The summed E-state index contributed by atoms with van der Waals surface area (Å²) >= 11 is 5.87. The molecule has 0 fully saturated rings. The molecule has 2 aromatic rings. The van der Waals surface area contributed by atoms with Gasteiger partial charge in [-0.1, -0.05) is 16.8 Å². The number of nitrogens with zero attached hydrogens (tertiary/aromatic N) is 3. The SMILES string of the molecule is Cc1noc(CCNC(=O)c2cc(N)ncc2Cl)n1. The molecule has 0 spiro atoms. The zero-order valence-corrected chi connectivity index (χ0v) is 10.9. The molecule has 2 aromatic heterocycles. The number of nitrogens with two attached hydrogens (primary N) is 1. The Kier molecular flexibility index (Phi) is 3.96. The van der Waals surface area contributed by atoms with E-state index in [9.17, 15) is 4.79 Å². The van der Waals surface area contributed by atoms with Gasteiger partial charge < -0.3 is 15.6 Å². The van der Waals surface area contributed by atoms with Gasteiger partial charge in [-0.05, 0) is 13.0 Å². The standard InChI is InChI=1S/C11H12ClN5O2/c1-6-16-10(19-17-6)2-3-14-11(18)7-4-9(13)15-5-8(7)12/h4-5H,2-3H2,1H3,(H2,13,15)(H,14,18). The van der Waals surface area contributed by atoms with Crippen LogP contribution in [0.3, 0.4) is 0 Å². The van der Waals surface area contributed by atoms with E-state index in [1.807, 2.05) is 0 Å². The van der Waals surface area contributed by atoms with E-state index in [0.717, 1.165) is 0 Å². The zero-order valence-electron chi connectivity index (χ0n) is 10.2. The predicted molar refractivity (Wildman–Crippen MR) is 68.7 cm³/mol. The summed E-state index contributed by atoms with van der Waals surface area (Å²) in [5, 5.41) is 6.59. The lowest BCUT2D eigenvalue weighted by molar-refractivity contribution is 0.0953. The van der Waals surface area contributed by atoms with Gasteiger partial charge in [-0.2, -0.15) is 4.98 Å². The molecule has 100 valence electrons. The Labute approximate surface area is 114 Å². The van der Waals surface area contributed by atoms with Crippen molar-refractivity contribution in [1.29, 1.82) is 0 Å². The number of hydrogen-bond donors (Lipinski definition) is 2. The van der Waals surface area contributed by atoms with E-state index >= 15 is 0 Å². The molecular formula is C11H12ClN5O2. The van der Waals surface area contributed by atoms with Crippen LogP contribution in [0.2, 0.25) is 5.02 Å². The van der Waals surface area contributed by atoms with E-state index in [-0.39, 0.29) is 22.3 Å². The van der Waals surface area contributed by atoms with Crippen LogP contribution in [-0.2, 0) is 6.42 Å². The van der Waals surface area contributed by atoms with Gasteiger partial charge in [0.15, 0.2) is 5.82 Å². The molecular weight excluding hydrogens is 270 g/mol. The smallest absolute Gasteiger partial charge is 0.253 e. The van der Waals surface area contributed by atoms with Crippen LogP contribution in [-0.4, -0.2) is 27.6 Å². The summed E-state index contributed by atoms with van der Waals surface area (Å²) in [6.45, 7) is 2.09. The second-order valence-electron chi connectivity index (χ2n) is 3.83. The first-order valence-corrected chi connectivity index (χ1v) is 5.92. The minimum absolute atomic E-state index is 0.238. The van der Waals surface area contributed by atoms with E-state index in [0.29, 0.717) is 24.7 Å². The van der Waals surface area contributed by atoms with Crippen LogP contribution in [0.1, 0.15) is 22.1 Å². The van der Waals surface area contributed by atoms with Crippen molar-refractivity contribution in [1.82, 2.24) is 20.4 Å². The van der Waals surface area contributed by atoms with Crippen molar-refractivity contribution in [2.75, 3.05) is 12.3 Å². The lowest BCUT2D eigenvalue weighted by Gasteiger charge is -2.05. The van der Waals surface area contributed by atoms with Gasteiger partial charge in [0.05, 0.1) is 10.6 Å². The first kappa shape index (κ1) is 13.3. The molecule has 0 aliphatic heterocycles. The number of pyridine rings is 1. The molecule has 19 heavy (non-hydrogen) atoms. The maximum Gasteiger partial charge on any atom is 0.253 e. The van der Waals surface area contributed by atoms with Crippen LogP contribution in [0.15, 0.2) is 16.8 Å². The molecule has 3 N–H and O–H groups in total. The summed E-state index contributed by atoms with van der Waals surface area (Å²) in [6.07, 6.45) is 1.79. The lowest BCUT2D eigenvalue weighted by atomic mass is 10.2. The quantitative estimate of drug-likeness (QED) is 0.865. The fourth-order valence-electron chi connectivity index (χ4n) is 1.45. The Morgan fingerprint density at radius 1 is 1.58 bits per heavy atom. The second kappa shape index (κ2) is 5.66. The summed E-state index contributed by atoms with van der Waals surface area (Å²) in [7, 11) is 0. The van der Waals surface area contributed by atoms with E-state index in [2.05, 4.69) is 20.4 Å². The highest BCUT2D eigenvalue weighted by Gasteiger charge is 2.11. The molecule has 1 amide bonds. The van der Waals surface area contributed by atoms with Gasteiger partial charge in [0.25, 0.3) is 5.91 Å². The van der Waals surface area contributed by atoms with Gasteiger partial charge in [0.2, 0.25) is 5.89 Å². The molecule has 0 unspecified atom stereocenters. The molecule has 8 heteroatoms. The topological polar surface area (TPSA) is 107 Å². The number of nitrogen functional groups attached to an aromatic ring is 1. The molecule has 0 saturated carbocycles. The molecule has 2 heterocycles. The number of halogens is 1. The summed E-state index contributed by atoms with van der Waals surface area (Å²) < 4.78 is 4.93. The van der Waals surface area contributed by atoms with Gasteiger partial charge in [0.1, 0.15) is 5.82 Å². The van der Waals surface area contributed by atoms with Crippen molar-refractivity contribution >= 4 is 23.3 Å². The minimum atomic E-state index is -0.324. The average Bonchev–Trinajstić information content (AvgIpc) is 2.78. The van der Waals surface area contributed by atoms with Gasteiger partial charge in [-0.25, -0.2) is 4.98 Å². The second-order valence-corrected chi connectivity index (χ2v) is 4.24. The highest BCUT2D eigenvalue weighted by Crippen LogP contribution is 2.16. The fraction of sp³-hybridized carbons (Fsp3) is 0.273. The summed E-state index contributed by atoms with van der Waals surface area (Å²) in [5.74, 6) is 0.946. The van der Waals surface area contributed by atoms with Crippen LogP contribution < -0.4 is 11.1 Å². The van der Waals surface area contributed by atoms with Crippen LogP contribution in [0.25, 0.3) is 0 Å². The Morgan fingerprint density at radius 2 is 2.37 bits per heavy atom. The van der Waals surface area contributed by atoms with Crippen LogP contribution >= 0.6 is 11.6 Å². The number of amides is 1. The maximum atomic E-state index is 11.9. The molecule has 0 aromatic carbocycles. The molecule has 0 aliphatic rings. The summed E-state index contributed by atoms with van der Waals surface area (Å²) in [6, 6.07) is 1.43. The lowest BCUT2D eigenvalue weighted by Crippen LogP contribution is -2.26. The Hall–Kier alpha value is -2.15. The number of anilines is 1. The van der Waals surface area contributed by atoms with Crippen molar-refractivity contribution in [3.63, 3.8) is 0 Å². The number of aromatic nitrogens is 3. The molecule has 0 radical (unpaired) electrons. The maximum absolute atomic E-state index is 11.9. The fourth-order valence-corrected chi connectivity index (χ4v) is 1.64. The number of rotatable bonds is 4. The predicted octanol–water partition coefficient (Wildman–Crippen LogP) is 0.981. The van der Waals surface area contributed by atoms with Gasteiger partial charge >= 0.3 is 0 Å². The summed E-state index contributed by atoms with van der Waals surface area (Å²) in [4.78, 5) is 19.7. The van der Waals surface area contributed by atoms with Gasteiger partial charge in [-0.3, -0.25) is 4.79 Å². The number of carbonyl (C=O) groups is 1. The van der Waals surface area contributed by atoms with Gasteiger partial charge in [-0.15, -0.1) is 0 Å². The van der Waals surface area contributed by atoms with Crippen molar-refractivity contribution in [3.8, 4) is 0 Å². The third-order valence-corrected chi connectivity index (χ3v) is 2.62. The molecule has 0 aliphatic carbocycles. The van der Waals surface area contributed by atoms with E-state index in [1.54, 1.807) is 6.92 Å². The highest BCUT2D eigenvalue weighted by atomic mass is 35.5. The average molecular weight is 282 g/mol. The first-order chi connectivity index (χ1) is 9.06. The minimum Gasteiger partial charge on any atom is -0.384 e.